The van der Waals surface area contributed by atoms with Crippen LogP contribution in [0.3, 0.4) is 0 Å². The van der Waals surface area contributed by atoms with E-state index < -0.39 is 0 Å². The summed E-state index contributed by atoms with van der Waals surface area (Å²) in [5.74, 6) is 0.641. The molecule has 0 atom stereocenters. The monoisotopic (exact) mass is 334 g/mol. The van der Waals surface area contributed by atoms with Crippen molar-refractivity contribution in [3.05, 3.63) is 83.0 Å². The van der Waals surface area contributed by atoms with Gasteiger partial charge < -0.3 is 0 Å². The molecule has 0 aromatic heterocycles. The molecule has 0 nitrogen and oxygen atoms in total. The Morgan fingerprint density at radius 1 is 0.667 bits per heavy atom. The molecule has 2 aromatic carbocycles. The fourth-order valence-corrected chi connectivity index (χ4v) is 6.15. The van der Waals surface area contributed by atoms with Crippen molar-refractivity contribution in [3.63, 3.8) is 0 Å². The summed E-state index contributed by atoms with van der Waals surface area (Å²) in [5, 5.41) is 2.99. The molecule has 0 radical (unpaired) electrons. The number of benzene rings is 2. The van der Waals surface area contributed by atoms with Crippen molar-refractivity contribution in [1.29, 1.82) is 0 Å². The third kappa shape index (κ3) is 3.40. The summed E-state index contributed by atoms with van der Waals surface area (Å²) in [6.07, 6.45) is 2.51. The van der Waals surface area contributed by atoms with Crippen molar-refractivity contribution in [2.24, 2.45) is 5.92 Å². The fraction of sp³-hybridized carbons (Fsp3) is 0.304. The second-order valence-corrected chi connectivity index (χ2v) is 9.12. The van der Waals surface area contributed by atoms with Gasteiger partial charge >= 0.3 is 0 Å². The van der Waals surface area contributed by atoms with Gasteiger partial charge in [-0.15, -0.1) is 0 Å². The van der Waals surface area contributed by atoms with Crippen molar-refractivity contribution in [1.82, 2.24) is 0 Å². The minimum Gasteiger partial charge on any atom is -0.0630 e. The van der Waals surface area contributed by atoms with Gasteiger partial charge in [-0.1, -0.05) is 71.8 Å². The van der Waals surface area contributed by atoms with E-state index in [4.69, 9.17) is 0 Å². The van der Waals surface area contributed by atoms with Gasteiger partial charge in [-0.2, -0.15) is 0 Å². The first-order valence-corrected chi connectivity index (χ1v) is 10.3. The van der Waals surface area contributed by atoms with E-state index in [1.54, 1.807) is 11.1 Å². The van der Waals surface area contributed by atoms with Crippen LogP contribution < -0.4 is 10.6 Å². The second kappa shape index (κ2) is 7.49. The molecule has 1 aliphatic rings. The molecule has 1 heteroatoms. The van der Waals surface area contributed by atoms with Crippen molar-refractivity contribution < 1.29 is 0 Å². The Labute approximate surface area is 148 Å². The van der Waals surface area contributed by atoms with E-state index >= 15 is 0 Å². The highest BCUT2D eigenvalue weighted by Gasteiger charge is 2.25. The summed E-state index contributed by atoms with van der Waals surface area (Å²) in [5.41, 5.74) is 6.20. The number of hydrogen-bond donors (Lipinski definition) is 0. The average Bonchev–Trinajstić information content (AvgIpc) is 2.81. The highest BCUT2D eigenvalue weighted by Crippen LogP contribution is 2.42. The Kier molecular flexibility index (Phi) is 5.36. The summed E-state index contributed by atoms with van der Waals surface area (Å²) >= 11 is 0. The molecule has 0 N–H and O–H groups in total. The first kappa shape index (κ1) is 17.2. The number of rotatable bonds is 5. The van der Waals surface area contributed by atoms with Crippen molar-refractivity contribution in [2.45, 2.75) is 34.1 Å². The Morgan fingerprint density at radius 3 is 1.50 bits per heavy atom. The second-order valence-electron chi connectivity index (χ2n) is 6.78. The van der Waals surface area contributed by atoms with Crippen LogP contribution in [0.5, 0.6) is 0 Å². The topological polar surface area (TPSA) is 0 Å². The minimum atomic E-state index is -0.279. The highest BCUT2D eigenvalue weighted by molar-refractivity contribution is 7.73. The predicted molar refractivity (Wildman–Crippen MR) is 109 cm³/mol. The van der Waals surface area contributed by atoms with Gasteiger partial charge in [0.15, 0.2) is 0 Å². The molecule has 2 aromatic rings. The normalized spacial score (nSPS) is 15.7. The van der Waals surface area contributed by atoms with Gasteiger partial charge in [0.2, 0.25) is 0 Å². The van der Waals surface area contributed by atoms with Crippen LogP contribution in [0.2, 0.25) is 0 Å². The largest absolute Gasteiger partial charge is 0.0630 e. The maximum atomic E-state index is 2.33. The van der Waals surface area contributed by atoms with Crippen LogP contribution in [-0.4, -0.2) is 6.16 Å². The minimum absolute atomic E-state index is 0.279. The van der Waals surface area contributed by atoms with Crippen LogP contribution in [0.4, 0.5) is 0 Å². The molecular weight excluding hydrogens is 307 g/mol. The van der Waals surface area contributed by atoms with Gasteiger partial charge in [-0.25, -0.2) is 0 Å². The standard InChI is InChI=1S/C23H27P/c1-17-18(2)20(4)23(19(17)3)15-16-24(21-11-7-5-8-12-21)22-13-9-6-10-14-22/h5-14,23H,15-16H2,1-4H3. The molecule has 3 rings (SSSR count). The van der Waals surface area contributed by atoms with Crippen molar-refractivity contribution in [3.8, 4) is 0 Å². The molecular formula is C23H27P. The van der Waals surface area contributed by atoms with E-state index in [0.29, 0.717) is 5.92 Å². The average molecular weight is 334 g/mol. The van der Waals surface area contributed by atoms with E-state index in [1.165, 1.54) is 34.3 Å². The van der Waals surface area contributed by atoms with E-state index in [0.717, 1.165) is 0 Å². The lowest BCUT2D eigenvalue weighted by molar-refractivity contribution is 0.699. The third-order valence-electron chi connectivity index (χ3n) is 5.57. The quantitative estimate of drug-likeness (QED) is 0.605. The molecule has 0 fully saturated rings. The summed E-state index contributed by atoms with van der Waals surface area (Å²) in [6, 6.07) is 22.1. The highest BCUT2D eigenvalue weighted by atomic mass is 31.1. The van der Waals surface area contributed by atoms with Crippen LogP contribution in [0, 0.1) is 5.92 Å². The SMILES string of the molecule is CC1=C(C)C(CCP(c2ccccc2)c2ccccc2)C(C)=C1C. The maximum Gasteiger partial charge on any atom is 0.00166 e. The Balaban J connectivity index is 1.84. The maximum absolute atomic E-state index is 2.33. The van der Waals surface area contributed by atoms with Crippen molar-refractivity contribution >= 4 is 18.5 Å². The zero-order valence-electron chi connectivity index (χ0n) is 15.2. The van der Waals surface area contributed by atoms with Gasteiger partial charge in [0.1, 0.15) is 0 Å². The molecule has 0 spiro atoms. The molecule has 124 valence electrons. The van der Waals surface area contributed by atoms with Crippen LogP contribution in [0.25, 0.3) is 0 Å². The molecule has 0 aliphatic heterocycles. The van der Waals surface area contributed by atoms with Crippen LogP contribution in [0.1, 0.15) is 34.1 Å². The number of hydrogen-bond acceptors (Lipinski definition) is 0. The van der Waals surface area contributed by atoms with E-state index in [1.807, 2.05) is 0 Å². The lowest BCUT2D eigenvalue weighted by atomic mass is 9.94. The molecule has 1 aliphatic carbocycles. The van der Waals surface area contributed by atoms with Gasteiger partial charge in [0, 0.05) is 5.92 Å². The van der Waals surface area contributed by atoms with Crippen LogP contribution in [0.15, 0.2) is 83.0 Å². The molecule has 0 heterocycles. The lowest BCUT2D eigenvalue weighted by Crippen LogP contribution is -2.16. The first-order valence-electron chi connectivity index (χ1n) is 8.82. The molecule has 0 bridgehead atoms. The molecule has 0 saturated heterocycles. The Morgan fingerprint density at radius 2 is 1.08 bits per heavy atom. The fourth-order valence-electron chi connectivity index (χ4n) is 3.75. The van der Waals surface area contributed by atoms with E-state index in [9.17, 15) is 0 Å². The number of allylic oxidation sites excluding steroid dienone is 4. The first-order chi connectivity index (χ1) is 11.6. The lowest BCUT2D eigenvalue weighted by Gasteiger charge is -2.22. The van der Waals surface area contributed by atoms with Crippen LogP contribution in [-0.2, 0) is 0 Å². The molecule has 0 amide bonds. The van der Waals surface area contributed by atoms with Gasteiger partial charge in [0.25, 0.3) is 0 Å². The predicted octanol–water partition coefficient (Wildman–Crippen LogP) is 5.81. The van der Waals surface area contributed by atoms with E-state index in [2.05, 4.69) is 88.4 Å². The third-order valence-corrected chi connectivity index (χ3v) is 8.12. The van der Waals surface area contributed by atoms with Gasteiger partial charge in [0.05, 0.1) is 0 Å². The van der Waals surface area contributed by atoms with Crippen LogP contribution >= 0.6 is 7.92 Å². The summed E-state index contributed by atoms with van der Waals surface area (Å²) in [4.78, 5) is 0. The zero-order valence-corrected chi connectivity index (χ0v) is 16.1. The van der Waals surface area contributed by atoms with E-state index in [-0.39, 0.29) is 7.92 Å². The van der Waals surface area contributed by atoms with Crippen molar-refractivity contribution in [2.75, 3.05) is 6.16 Å². The zero-order chi connectivity index (χ0) is 17.1. The van der Waals surface area contributed by atoms with Gasteiger partial charge in [-0.05, 0) is 70.0 Å². The molecule has 0 unspecified atom stereocenters. The van der Waals surface area contributed by atoms with Gasteiger partial charge in [-0.3, -0.25) is 0 Å². The Hall–Kier alpha value is -1.65. The smallest absolute Gasteiger partial charge is 0.00166 e. The summed E-state index contributed by atoms with van der Waals surface area (Å²) in [6.45, 7) is 9.22. The molecule has 0 saturated carbocycles. The summed E-state index contributed by atoms with van der Waals surface area (Å²) < 4.78 is 0. The molecule has 24 heavy (non-hydrogen) atoms. The Bertz CT molecular complexity index is 690. The summed E-state index contributed by atoms with van der Waals surface area (Å²) in [7, 11) is -0.279.